The molecule has 176 valence electrons. The fourth-order valence-electron chi connectivity index (χ4n) is 5.31. The molecular formula is C24H30N4O5. The third-order valence-corrected chi connectivity index (χ3v) is 7.11. The van der Waals surface area contributed by atoms with E-state index in [0.29, 0.717) is 44.7 Å². The Labute approximate surface area is 193 Å². The Bertz CT molecular complexity index is 977. The van der Waals surface area contributed by atoms with Crippen molar-refractivity contribution in [1.82, 2.24) is 4.90 Å². The zero-order chi connectivity index (χ0) is 23.7. The lowest BCUT2D eigenvalue weighted by Gasteiger charge is -2.35. The number of carbonyl (C=O) groups excluding carboxylic acids is 3. The number of nitro groups is 1. The van der Waals surface area contributed by atoms with E-state index >= 15 is 0 Å². The van der Waals surface area contributed by atoms with Crippen LogP contribution in [-0.4, -0.2) is 53.7 Å². The number of benzene rings is 1. The summed E-state index contributed by atoms with van der Waals surface area (Å²) in [6.07, 6.45) is 6.37. The van der Waals surface area contributed by atoms with E-state index in [0.717, 1.165) is 17.7 Å². The molecule has 0 aromatic heterocycles. The van der Waals surface area contributed by atoms with Crippen molar-refractivity contribution in [2.75, 3.05) is 36.0 Å². The predicted octanol–water partition coefficient (Wildman–Crippen LogP) is 3.14. The summed E-state index contributed by atoms with van der Waals surface area (Å²) in [4.78, 5) is 55.0. The van der Waals surface area contributed by atoms with Crippen molar-refractivity contribution in [3.63, 3.8) is 0 Å². The topological polar surface area (TPSA) is 104 Å². The van der Waals surface area contributed by atoms with Crippen LogP contribution in [-0.2, 0) is 14.4 Å². The molecule has 9 nitrogen and oxygen atoms in total. The van der Waals surface area contributed by atoms with Gasteiger partial charge in [-0.2, -0.15) is 0 Å². The standard InChI is InChI=1S/C24H30N4O5/c1-3-25(4-2)22(29)16-8-7-13-26(15-16)20-12-11-17(14-21(20)28(32)33)27-23(30)18-9-5-6-10-19(18)24(27)31/h5-6,11-12,14,16,18-19H,3-4,7-10,13,15H2,1-2H3/t16-,18-,19+/m1/s1. The summed E-state index contributed by atoms with van der Waals surface area (Å²) >= 11 is 0. The Morgan fingerprint density at radius 1 is 1.12 bits per heavy atom. The molecule has 0 N–H and O–H groups in total. The van der Waals surface area contributed by atoms with Crippen molar-refractivity contribution < 1.29 is 19.3 Å². The summed E-state index contributed by atoms with van der Waals surface area (Å²) in [6, 6.07) is 4.54. The number of amides is 3. The van der Waals surface area contributed by atoms with Crippen LogP contribution in [0.4, 0.5) is 17.1 Å². The van der Waals surface area contributed by atoms with Gasteiger partial charge in [-0.15, -0.1) is 0 Å². The minimum Gasteiger partial charge on any atom is -0.365 e. The van der Waals surface area contributed by atoms with Gasteiger partial charge in [0.05, 0.1) is 28.4 Å². The largest absolute Gasteiger partial charge is 0.365 e. The summed E-state index contributed by atoms with van der Waals surface area (Å²) < 4.78 is 0. The first-order valence-corrected chi connectivity index (χ1v) is 11.7. The van der Waals surface area contributed by atoms with Crippen LogP contribution < -0.4 is 9.80 Å². The van der Waals surface area contributed by atoms with Crippen molar-refractivity contribution in [3.05, 3.63) is 40.5 Å². The smallest absolute Gasteiger partial charge is 0.294 e. The van der Waals surface area contributed by atoms with E-state index in [-0.39, 0.29) is 35.0 Å². The highest BCUT2D eigenvalue weighted by atomic mass is 16.6. The number of hydrogen-bond donors (Lipinski definition) is 0. The van der Waals surface area contributed by atoms with Gasteiger partial charge < -0.3 is 9.80 Å². The fraction of sp³-hybridized carbons (Fsp3) is 0.542. The van der Waals surface area contributed by atoms with Crippen LogP contribution in [0.3, 0.4) is 0 Å². The van der Waals surface area contributed by atoms with Gasteiger partial charge in [-0.05, 0) is 51.7 Å². The zero-order valence-electron chi connectivity index (χ0n) is 19.1. The van der Waals surface area contributed by atoms with Gasteiger partial charge in [0.15, 0.2) is 0 Å². The molecule has 0 saturated carbocycles. The molecule has 1 aliphatic carbocycles. The Kier molecular flexibility index (Phi) is 6.49. The molecule has 4 rings (SSSR count). The quantitative estimate of drug-likeness (QED) is 0.283. The summed E-state index contributed by atoms with van der Waals surface area (Å²) in [5.74, 6) is -1.51. The fourth-order valence-corrected chi connectivity index (χ4v) is 5.31. The minimum atomic E-state index is -0.478. The van der Waals surface area contributed by atoms with Crippen molar-refractivity contribution >= 4 is 34.8 Å². The van der Waals surface area contributed by atoms with Crippen LogP contribution in [0.1, 0.15) is 39.5 Å². The summed E-state index contributed by atoms with van der Waals surface area (Å²) in [6.45, 7) is 6.18. The molecule has 9 heteroatoms. The van der Waals surface area contributed by atoms with E-state index in [9.17, 15) is 24.5 Å². The number of fused-ring (bicyclic) bond motifs is 1. The SMILES string of the molecule is CCN(CC)C(=O)[C@@H]1CCCN(c2ccc(N3C(=O)[C@H]4CC=CC[C@H]4C3=O)cc2[N+](=O)[O-])C1. The second-order valence-electron chi connectivity index (χ2n) is 8.89. The maximum absolute atomic E-state index is 12.9. The van der Waals surface area contributed by atoms with Gasteiger partial charge in [0.25, 0.3) is 5.69 Å². The van der Waals surface area contributed by atoms with E-state index in [2.05, 4.69) is 0 Å². The molecule has 2 fully saturated rings. The van der Waals surface area contributed by atoms with E-state index in [1.54, 1.807) is 17.0 Å². The third kappa shape index (κ3) is 4.12. The molecule has 0 spiro atoms. The lowest BCUT2D eigenvalue weighted by atomic mass is 9.85. The zero-order valence-corrected chi connectivity index (χ0v) is 19.1. The van der Waals surface area contributed by atoms with Crippen molar-refractivity contribution in [2.24, 2.45) is 17.8 Å². The number of rotatable bonds is 6. The van der Waals surface area contributed by atoms with Crippen LogP contribution in [0.15, 0.2) is 30.4 Å². The first kappa shape index (κ1) is 22.9. The number of allylic oxidation sites excluding steroid dienone is 2. The van der Waals surface area contributed by atoms with Gasteiger partial charge in [-0.25, -0.2) is 4.90 Å². The molecule has 2 saturated heterocycles. The Morgan fingerprint density at radius 2 is 1.76 bits per heavy atom. The van der Waals surface area contributed by atoms with Gasteiger partial charge in [0, 0.05) is 32.2 Å². The lowest BCUT2D eigenvalue weighted by molar-refractivity contribution is -0.384. The average Bonchev–Trinajstić information content (AvgIpc) is 3.09. The molecule has 0 unspecified atom stereocenters. The third-order valence-electron chi connectivity index (χ3n) is 7.11. The Balaban J connectivity index is 1.61. The van der Waals surface area contributed by atoms with E-state index < -0.39 is 16.8 Å². The maximum atomic E-state index is 12.9. The van der Waals surface area contributed by atoms with Crippen LogP contribution >= 0.6 is 0 Å². The summed E-state index contributed by atoms with van der Waals surface area (Å²) in [5, 5.41) is 12.0. The molecule has 3 amide bonds. The van der Waals surface area contributed by atoms with E-state index in [1.807, 2.05) is 30.9 Å². The molecule has 1 aromatic rings. The number of nitro benzene ring substituents is 1. The highest BCUT2D eigenvalue weighted by molar-refractivity contribution is 6.22. The van der Waals surface area contributed by atoms with Gasteiger partial charge in [0.2, 0.25) is 17.7 Å². The molecular weight excluding hydrogens is 424 g/mol. The lowest BCUT2D eigenvalue weighted by Crippen LogP contribution is -2.45. The first-order chi connectivity index (χ1) is 15.9. The second-order valence-corrected chi connectivity index (χ2v) is 8.89. The van der Waals surface area contributed by atoms with Crippen molar-refractivity contribution in [3.8, 4) is 0 Å². The van der Waals surface area contributed by atoms with E-state index in [4.69, 9.17) is 0 Å². The van der Waals surface area contributed by atoms with Crippen LogP contribution in [0, 0.1) is 27.9 Å². The molecule has 33 heavy (non-hydrogen) atoms. The Morgan fingerprint density at radius 3 is 2.33 bits per heavy atom. The normalized spacial score (nSPS) is 24.7. The average molecular weight is 455 g/mol. The highest BCUT2D eigenvalue weighted by Crippen LogP contribution is 2.41. The number of piperidine rings is 1. The van der Waals surface area contributed by atoms with Gasteiger partial charge in [0.1, 0.15) is 5.69 Å². The van der Waals surface area contributed by atoms with Crippen molar-refractivity contribution in [1.29, 1.82) is 0 Å². The van der Waals surface area contributed by atoms with Crippen LogP contribution in [0.2, 0.25) is 0 Å². The number of anilines is 2. The Hall–Kier alpha value is -3.23. The molecule has 0 bridgehead atoms. The minimum absolute atomic E-state index is 0.0773. The number of nitrogens with zero attached hydrogens (tertiary/aromatic N) is 4. The van der Waals surface area contributed by atoms with Gasteiger partial charge in [-0.1, -0.05) is 12.2 Å². The number of carbonyl (C=O) groups is 3. The molecule has 0 radical (unpaired) electrons. The monoisotopic (exact) mass is 454 g/mol. The maximum Gasteiger partial charge on any atom is 0.294 e. The second kappa shape index (κ2) is 9.33. The molecule has 1 aromatic carbocycles. The highest BCUT2D eigenvalue weighted by Gasteiger charge is 2.48. The molecule has 2 heterocycles. The summed E-state index contributed by atoms with van der Waals surface area (Å²) in [7, 11) is 0. The predicted molar refractivity (Wildman–Crippen MR) is 124 cm³/mol. The molecule has 2 aliphatic heterocycles. The molecule has 3 aliphatic rings. The van der Waals surface area contributed by atoms with Crippen LogP contribution in [0.25, 0.3) is 0 Å². The van der Waals surface area contributed by atoms with Gasteiger partial charge >= 0.3 is 0 Å². The summed E-state index contributed by atoms with van der Waals surface area (Å²) in [5.41, 5.74) is 0.499. The molecule has 3 atom stereocenters. The number of imide groups is 1. The van der Waals surface area contributed by atoms with E-state index in [1.165, 1.54) is 6.07 Å². The first-order valence-electron chi connectivity index (χ1n) is 11.7. The van der Waals surface area contributed by atoms with Crippen molar-refractivity contribution in [2.45, 2.75) is 39.5 Å². The van der Waals surface area contributed by atoms with Crippen LogP contribution in [0.5, 0.6) is 0 Å². The number of hydrogen-bond acceptors (Lipinski definition) is 6. The van der Waals surface area contributed by atoms with Gasteiger partial charge in [-0.3, -0.25) is 24.5 Å².